The lowest BCUT2D eigenvalue weighted by Gasteiger charge is -1.96. The molecule has 0 spiro atoms. The quantitative estimate of drug-likeness (QED) is 0.479. The number of halogens is 1. The lowest BCUT2D eigenvalue weighted by Crippen LogP contribution is -1.89. The van der Waals surface area contributed by atoms with Crippen LogP contribution in [0.3, 0.4) is 0 Å². The van der Waals surface area contributed by atoms with E-state index in [2.05, 4.69) is 11.8 Å². The van der Waals surface area contributed by atoms with Crippen LogP contribution in [0.25, 0.3) is 0 Å². The van der Waals surface area contributed by atoms with E-state index in [1.54, 1.807) is 0 Å². The molecule has 1 N–H and O–H groups in total. The molecule has 0 aliphatic heterocycles. The van der Waals surface area contributed by atoms with Crippen molar-refractivity contribution in [2.45, 2.75) is 19.3 Å². The molecule has 1 aromatic carbocycles. The van der Waals surface area contributed by atoms with Gasteiger partial charge in [0, 0.05) is 24.2 Å². The number of hydrogen-bond acceptors (Lipinski definition) is 2. The van der Waals surface area contributed by atoms with Crippen LogP contribution in [0.4, 0.5) is 4.39 Å². The second-order valence-corrected chi connectivity index (χ2v) is 3.33. The van der Waals surface area contributed by atoms with E-state index in [9.17, 15) is 9.18 Å². The van der Waals surface area contributed by atoms with E-state index in [1.165, 1.54) is 18.2 Å². The fourth-order valence-electron chi connectivity index (χ4n) is 1.23. The van der Waals surface area contributed by atoms with Crippen LogP contribution in [0, 0.1) is 17.7 Å². The first-order valence-electron chi connectivity index (χ1n) is 5.12. The molecule has 0 unspecified atom stereocenters. The smallest absolute Gasteiger partial charge is 0.151 e. The molecule has 84 valence electrons. The molecule has 2 nitrogen and oxygen atoms in total. The van der Waals surface area contributed by atoms with Crippen LogP contribution in [0.15, 0.2) is 18.2 Å². The van der Waals surface area contributed by atoms with Gasteiger partial charge in [-0.05, 0) is 31.0 Å². The minimum Gasteiger partial charge on any atom is -0.396 e. The highest BCUT2D eigenvalue weighted by atomic mass is 19.1. The molecule has 0 fully saturated rings. The monoisotopic (exact) mass is 220 g/mol. The van der Waals surface area contributed by atoms with Gasteiger partial charge in [0.25, 0.3) is 0 Å². The first-order chi connectivity index (χ1) is 7.77. The van der Waals surface area contributed by atoms with E-state index < -0.39 is 5.82 Å². The number of aliphatic hydroxyl groups excluding tert-OH is 1. The standard InChI is InChI=1S/C13H13FO2/c14-13-7-6-11(12(9-13)10-16)5-3-1-2-4-8-15/h6-7,9-10,15H,1-2,4,8H2. The van der Waals surface area contributed by atoms with Gasteiger partial charge in [0.05, 0.1) is 0 Å². The Hall–Kier alpha value is -1.66. The zero-order chi connectivity index (χ0) is 11.8. The van der Waals surface area contributed by atoms with Crippen LogP contribution < -0.4 is 0 Å². The van der Waals surface area contributed by atoms with Crippen LogP contribution >= 0.6 is 0 Å². The van der Waals surface area contributed by atoms with Crippen LogP contribution in [0.1, 0.15) is 35.2 Å². The van der Waals surface area contributed by atoms with Gasteiger partial charge in [0.15, 0.2) is 6.29 Å². The van der Waals surface area contributed by atoms with Gasteiger partial charge in [0.1, 0.15) is 5.82 Å². The van der Waals surface area contributed by atoms with E-state index in [0.717, 1.165) is 12.8 Å². The van der Waals surface area contributed by atoms with Crippen LogP contribution in [0.2, 0.25) is 0 Å². The van der Waals surface area contributed by atoms with Gasteiger partial charge < -0.3 is 5.11 Å². The molecule has 0 saturated heterocycles. The topological polar surface area (TPSA) is 37.3 Å². The summed E-state index contributed by atoms with van der Waals surface area (Å²) in [6, 6.07) is 3.95. The van der Waals surface area contributed by atoms with Gasteiger partial charge in [0.2, 0.25) is 0 Å². The van der Waals surface area contributed by atoms with Crippen LogP contribution in [-0.4, -0.2) is 18.0 Å². The molecule has 0 saturated carbocycles. The molecule has 0 radical (unpaired) electrons. The van der Waals surface area contributed by atoms with Crippen molar-refractivity contribution in [3.63, 3.8) is 0 Å². The molecule has 0 bridgehead atoms. The van der Waals surface area contributed by atoms with E-state index in [-0.39, 0.29) is 12.2 Å². The highest BCUT2D eigenvalue weighted by Gasteiger charge is 1.99. The summed E-state index contributed by atoms with van der Waals surface area (Å²) in [7, 11) is 0. The number of hydrogen-bond donors (Lipinski definition) is 1. The van der Waals surface area contributed by atoms with Gasteiger partial charge in [-0.25, -0.2) is 4.39 Å². The third kappa shape index (κ3) is 3.84. The first kappa shape index (κ1) is 12.4. The van der Waals surface area contributed by atoms with Crippen molar-refractivity contribution in [3.8, 4) is 11.8 Å². The van der Waals surface area contributed by atoms with Crippen LogP contribution in [-0.2, 0) is 0 Å². The Morgan fingerprint density at radius 3 is 2.88 bits per heavy atom. The third-order valence-corrected chi connectivity index (χ3v) is 2.07. The number of carbonyl (C=O) groups is 1. The number of aliphatic hydroxyl groups is 1. The normalized spacial score (nSPS) is 9.38. The molecule has 1 aromatic rings. The van der Waals surface area contributed by atoms with Crippen molar-refractivity contribution in [1.82, 2.24) is 0 Å². The van der Waals surface area contributed by atoms with Crippen molar-refractivity contribution < 1.29 is 14.3 Å². The molecular weight excluding hydrogens is 207 g/mol. The molecule has 0 heterocycles. The van der Waals surface area contributed by atoms with E-state index in [4.69, 9.17) is 5.11 Å². The number of carbonyl (C=O) groups excluding carboxylic acids is 1. The number of rotatable bonds is 4. The number of benzene rings is 1. The summed E-state index contributed by atoms with van der Waals surface area (Å²) in [6.45, 7) is 0.165. The molecule has 1 rings (SSSR count). The maximum atomic E-state index is 12.8. The summed E-state index contributed by atoms with van der Waals surface area (Å²) in [6.07, 6.45) is 2.80. The Labute approximate surface area is 94.1 Å². The molecule has 0 aliphatic rings. The summed E-state index contributed by atoms with van der Waals surface area (Å²) in [5.74, 6) is 5.27. The fourth-order valence-corrected chi connectivity index (χ4v) is 1.23. The minimum atomic E-state index is -0.437. The number of unbranched alkanes of at least 4 members (excludes halogenated alkanes) is 2. The Morgan fingerprint density at radius 2 is 2.19 bits per heavy atom. The zero-order valence-corrected chi connectivity index (χ0v) is 8.87. The molecular formula is C13H13FO2. The molecule has 0 amide bonds. The molecule has 16 heavy (non-hydrogen) atoms. The van der Waals surface area contributed by atoms with Gasteiger partial charge in [-0.3, -0.25) is 4.79 Å². The number of aldehydes is 1. The van der Waals surface area contributed by atoms with Gasteiger partial charge >= 0.3 is 0 Å². The Bertz CT molecular complexity index is 416. The highest BCUT2D eigenvalue weighted by Crippen LogP contribution is 2.08. The molecule has 0 aromatic heterocycles. The van der Waals surface area contributed by atoms with E-state index >= 15 is 0 Å². The Morgan fingerprint density at radius 1 is 1.38 bits per heavy atom. The maximum Gasteiger partial charge on any atom is 0.151 e. The zero-order valence-electron chi connectivity index (χ0n) is 8.87. The largest absolute Gasteiger partial charge is 0.396 e. The summed E-state index contributed by atoms with van der Waals surface area (Å²) in [5, 5.41) is 8.56. The SMILES string of the molecule is O=Cc1cc(F)ccc1C#CCCCCO. The van der Waals surface area contributed by atoms with Gasteiger partial charge in [-0.1, -0.05) is 11.8 Å². The van der Waals surface area contributed by atoms with Crippen molar-refractivity contribution in [2.24, 2.45) is 0 Å². The minimum absolute atomic E-state index is 0.165. The summed E-state index contributed by atoms with van der Waals surface area (Å²) in [5.41, 5.74) is 0.815. The fraction of sp³-hybridized carbons (Fsp3) is 0.308. The van der Waals surface area contributed by atoms with Crippen molar-refractivity contribution in [3.05, 3.63) is 35.1 Å². The second kappa shape index (κ2) is 6.76. The van der Waals surface area contributed by atoms with E-state index in [1.807, 2.05) is 0 Å². The predicted octanol–water partition coefficient (Wildman–Crippen LogP) is 2.15. The second-order valence-electron chi connectivity index (χ2n) is 3.33. The van der Waals surface area contributed by atoms with Gasteiger partial charge in [-0.15, -0.1) is 0 Å². The van der Waals surface area contributed by atoms with Crippen molar-refractivity contribution in [1.29, 1.82) is 0 Å². The van der Waals surface area contributed by atoms with Crippen molar-refractivity contribution >= 4 is 6.29 Å². The van der Waals surface area contributed by atoms with Crippen LogP contribution in [0.5, 0.6) is 0 Å². The first-order valence-corrected chi connectivity index (χ1v) is 5.12. The Kier molecular flexibility index (Phi) is 5.24. The summed E-state index contributed by atoms with van der Waals surface area (Å²) < 4.78 is 12.8. The third-order valence-electron chi connectivity index (χ3n) is 2.07. The van der Waals surface area contributed by atoms with E-state index in [0.29, 0.717) is 18.3 Å². The van der Waals surface area contributed by atoms with Gasteiger partial charge in [-0.2, -0.15) is 0 Å². The Balaban J connectivity index is 2.68. The average molecular weight is 220 g/mol. The lowest BCUT2D eigenvalue weighted by molar-refractivity contribution is 0.112. The highest BCUT2D eigenvalue weighted by molar-refractivity contribution is 5.79. The maximum absolute atomic E-state index is 12.8. The molecule has 0 aliphatic carbocycles. The molecule has 0 atom stereocenters. The molecule has 3 heteroatoms. The summed E-state index contributed by atoms with van der Waals surface area (Å²) >= 11 is 0. The lowest BCUT2D eigenvalue weighted by atomic mass is 10.1. The van der Waals surface area contributed by atoms with Crippen molar-refractivity contribution in [2.75, 3.05) is 6.61 Å². The average Bonchev–Trinajstić information content (AvgIpc) is 2.30. The predicted molar refractivity (Wildman–Crippen MR) is 59.6 cm³/mol. The summed E-state index contributed by atoms with van der Waals surface area (Å²) in [4.78, 5) is 10.6.